The molecule has 0 aliphatic rings. The summed E-state index contributed by atoms with van der Waals surface area (Å²) in [6.07, 6.45) is 0.464. The van der Waals surface area contributed by atoms with Gasteiger partial charge in [0.05, 0.1) is 12.1 Å². The molecule has 3 nitrogen and oxygen atoms in total. The van der Waals surface area contributed by atoms with Crippen molar-refractivity contribution >= 4 is 29.3 Å². The summed E-state index contributed by atoms with van der Waals surface area (Å²) in [6, 6.07) is 15.3. The molecule has 0 aliphatic heterocycles. The number of carbonyl (C=O) groups excluding carboxylic acids is 1. The molecule has 2 aromatic carbocycles. The van der Waals surface area contributed by atoms with Gasteiger partial charge in [-0.2, -0.15) is 0 Å². The standard InChI is InChI=1S/C17H18ClNO2S/c1-21-14-8-6-13(7-9-14)12-19-17(20)10-11-22-16-5-3-2-4-15(16)18/h2-9H,10-12H2,1H3,(H,19,20). The fourth-order valence-electron chi connectivity index (χ4n) is 1.85. The van der Waals surface area contributed by atoms with Crippen molar-refractivity contribution in [3.8, 4) is 5.75 Å². The van der Waals surface area contributed by atoms with Gasteiger partial charge in [-0.1, -0.05) is 35.9 Å². The number of hydrogen-bond acceptors (Lipinski definition) is 3. The maximum atomic E-state index is 11.8. The molecule has 0 aliphatic carbocycles. The number of nitrogens with one attached hydrogen (secondary N) is 1. The third-order valence-electron chi connectivity index (χ3n) is 3.07. The molecule has 0 fully saturated rings. The van der Waals surface area contributed by atoms with Gasteiger partial charge in [0, 0.05) is 23.6 Å². The summed E-state index contributed by atoms with van der Waals surface area (Å²) in [5.41, 5.74) is 1.05. The van der Waals surface area contributed by atoms with Gasteiger partial charge in [0.15, 0.2) is 0 Å². The van der Waals surface area contributed by atoms with Gasteiger partial charge in [-0.25, -0.2) is 0 Å². The Morgan fingerprint density at radius 1 is 1.18 bits per heavy atom. The van der Waals surface area contributed by atoms with E-state index in [2.05, 4.69) is 5.32 Å². The van der Waals surface area contributed by atoms with Crippen LogP contribution in [0.25, 0.3) is 0 Å². The van der Waals surface area contributed by atoms with Crippen LogP contribution >= 0.6 is 23.4 Å². The van der Waals surface area contributed by atoms with Gasteiger partial charge >= 0.3 is 0 Å². The topological polar surface area (TPSA) is 38.3 Å². The van der Waals surface area contributed by atoms with E-state index in [1.54, 1.807) is 18.9 Å². The average Bonchev–Trinajstić information content (AvgIpc) is 2.55. The molecular weight excluding hydrogens is 318 g/mol. The predicted octanol–water partition coefficient (Wildman–Crippen LogP) is 4.15. The Kier molecular flexibility index (Phi) is 6.62. The number of hydrogen-bond donors (Lipinski definition) is 1. The minimum absolute atomic E-state index is 0.0374. The average molecular weight is 336 g/mol. The Bertz CT molecular complexity index is 616. The maximum Gasteiger partial charge on any atom is 0.221 e. The second kappa shape index (κ2) is 8.71. The summed E-state index contributed by atoms with van der Waals surface area (Å²) in [6.45, 7) is 0.527. The van der Waals surface area contributed by atoms with E-state index < -0.39 is 0 Å². The zero-order valence-corrected chi connectivity index (χ0v) is 13.9. The number of amides is 1. The molecule has 2 aromatic rings. The first-order valence-electron chi connectivity index (χ1n) is 6.96. The molecule has 1 amide bonds. The highest BCUT2D eigenvalue weighted by atomic mass is 35.5. The highest BCUT2D eigenvalue weighted by Gasteiger charge is 2.04. The Morgan fingerprint density at radius 2 is 1.91 bits per heavy atom. The monoisotopic (exact) mass is 335 g/mol. The summed E-state index contributed by atoms with van der Waals surface area (Å²) in [5.74, 6) is 1.56. The molecule has 0 spiro atoms. The molecule has 1 N–H and O–H groups in total. The molecular formula is C17H18ClNO2S. The van der Waals surface area contributed by atoms with Crippen LogP contribution in [0.3, 0.4) is 0 Å². The van der Waals surface area contributed by atoms with Crippen LogP contribution in [-0.2, 0) is 11.3 Å². The van der Waals surface area contributed by atoms with Gasteiger partial charge in [-0.05, 0) is 29.8 Å². The Hall–Kier alpha value is -1.65. The second-order valence-corrected chi connectivity index (χ2v) is 6.20. The largest absolute Gasteiger partial charge is 0.497 e. The van der Waals surface area contributed by atoms with E-state index in [9.17, 15) is 4.79 Å². The normalized spacial score (nSPS) is 10.3. The van der Waals surface area contributed by atoms with Crippen molar-refractivity contribution in [2.45, 2.75) is 17.9 Å². The SMILES string of the molecule is COc1ccc(CNC(=O)CCSc2ccccc2Cl)cc1. The number of benzene rings is 2. The van der Waals surface area contributed by atoms with Crippen molar-refractivity contribution in [3.05, 3.63) is 59.1 Å². The van der Waals surface area contributed by atoms with Crippen molar-refractivity contribution in [2.75, 3.05) is 12.9 Å². The lowest BCUT2D eigenvalue weighted by molar-refractivity contribution is -0.120. The van der Waals surface area contributed by atoms with Gasteiger partial charge in [-0.3, -0.25) is 4.79 Å². The van der Waals surface area contributed by atoms with Gasteiger partial charge in [0.2, 0.25) is 5.91 Å². The number of halogens is 1. The molecule has 0 unspecified atom stereocenters. The zero-order chi connectivity index (χ0) is 15.8. The molecule has 0 bridgehead atoms. The van der Waals surface area contributed by atoms with Crippen LogP contribution in [0, 0.1) is 0 Å². The van der Waals surface area contributed by atoms with Crippen molar-refractivity contribution < 1.29 is 9.53 Å². The lowest BCUT2D eigenvalue weighted by atomic mass is 10.2. The molecule has 0 atom stereocenters. The molecule has 116 valence electrons. The molecule has 2 rings (SSSR count). The molecule has 0 aromatic heterocycles. The number of carbonyl (C=O) groups is 1. The molecule has 0 saturated heterocycles. The van der Waals surface area contributed by atoms with Gasteiger partial charge < -0.3 is 10.1 Å². The third-order valence-corrected chi connectivity index (χ3v) is 4.59. The fourth-order valence-corrected chi connectivity index (χ4v) is 3.04. The maximum absolute atomic E-state index is 11.8. The third kappa shape index (κ3) is 5.28. The summed E-state index contributed by atoms with van der Waals surface area (Å²) in [5, 5.41) is 3.64. The number of thioether (sulfide) groups is 1. The number of rotatable bonds is 7. The molecule has 5 heteroatoms. The van der Waals surface area contributed by atoms with E-state index in [0.29, 0.717) is 18.7 Å². The molecule has 0 radical (unpaired) electrons. The van der Waals surface area contributed by atoms with Crippen LogP contribution in [-0.4, -0.2) is 18.8 Å². The Morgan fingerprint density at radius 3 is 2.59 bits per heavy atom. The quantitative estimate of drug-likeness (QED) is 0.772. The highest BCUT2D eigenvalue weighted by molar-refractivity contribution is 7.99. The summed E-state index contributed by atoms with van der Waals surface area (Å²) in [4.78, 5) is 12.8. The molecule has 0 heterocycles. The fraction of sp³-hybridized carbons (Fsp3) is 0.235. The minimum atomic E-state index is 0.0374. The Balaban J connectivity index is 1.70. The lowest BCUT2D eigenvalue weighted by Gasteiger charge is -2.07. The number of methoxy groups -OCH3 is 1. The van der Waals surface area contributed by atoms with Crippen LogP contribution in [0.1, 0.15) is 12.0 Å². The van der Waals surface area contributed by atoms with Crippen molar-refractivity contribution in [1.82, 2.24) is 5.32 Å². The summed E-state index contributed by atoms with van der Waals surface area (Å²) < 4.78 is 5.10. The minimum Gasteiger partial charge on any atom is -0.497 e. The van der Waals surface area contributed by atoms with Crippen LogP contribution in [0.5, 0.6) is 5.75 Å². The second-order valence-electron chi connectivity index (χ2n) is 4.65. The van der Waals surface area contributed by atoms with E-state index >= 15 is 0 Å². The van der Waals surface area contributed by atoms with Crippen LogP contribution in [0.2, 0.25) is 5.02 Å². The first kappa shape index (κ1) is 16.7. The van der Waals surface area contributed by atoms with Crippen molar-refractivity contribution in [2.24, 2.45) is 0 Å². The molecule has 0 saturated carbocycles. The highest BCUT2D eigenvalue weighted by Crippen LogP contribution is 2.26. The zero-order valence-electron chi connectivity index (χ0n) is 12.3. The first-order chi connectivity index (χ1) is 10.7. The van der Waals surface area contributed by atoms with Gasteiger partial charge in [0.1, 0.15) is 5.75 Å². The van der Waals surface area contributed by atoms with Crippen LogP contribution < -0.4 is 10.1 Å². The van der Waals surface area contributed by atoms with Gasteiger partial charge in [0.25, 0.3) is 0 Å². The van der Waals surface area contributed by atoms with Crippen molar-refractivity contribution in [3.63, 3.8) is 0 Å². The van der Waals surface area contributed by atoms with E-state index in [1.165, 1.54) is 0 Å². The van der Waals surface area contributed by atoms with E-state index in [0.717, 1.165) is 21.2 Å². The van der Waals surface area contributed by atoms with E-state index in [4.69, 9.17) is 16.3 Å². The van der Waals surface area contributed by atoms with Crippen LogP contribution in [0.4, 0.5) is 0 Å². The summed E-state index contributed by atoms with van der Waals surface area (Å²) >= 11 is 7.67. The smallest absolute Gasteiger partial charge is 0.221 e. The summed E-state index contributed by atoms with van der Waals surface area (Å²) in [7, 11) is 1.63. The Labute approximate surface area is 140 Å². The molecule has 22 heavy (non-hydrogen) atoms. The van der Waals surface area contributed by atoms with E-state index in [-0.39, 0.29) is 5.91 Å². The number of ether oxygens (including phenoxy) is 1. The van der Waals surface area contributed by atoms with Crippen LogP contribution in [0.15, 0.2) is 53.4 Å². The van der Waals surface area contributed by atoms with Gasteiger partial charge in [-0.15, -0.1) is 11.8 Å². The van der Waals surface area contributed by atoms with Crippen molar-refractivity contribution in [1.29, 1.82) is 0 Å². The first-order valence-corrected chi connectivity index (χ1v) is 8.32. The van der Waals surface area contributed by atoms with E-state index in [1.807, 2.05) is 48.5 Å². The predicted molar refractivity (Wildman–Crippen MR) is 91.6 cm³/mol. The lowest BCUT2D eigenvalue weighted by Crippen LogP contribution is -2.22.